The van der Waals surface area contributed by atoms with Crippen LogP contribution < -0.4 is 10.6 Å². The average molecular weight is 392 g/mol. The van der Waals surface area contributed by atoms with Gasteiger partial charge >= 0.3 is 0 Å². The van der Waals surface area contributed by atoms with Crippen LogP contribution in [0.25, 0.3) is 0 Å². The number of halogens is 3. The number of nitrogens with one attached hydrogen (secondary N) is 1. The number of nitrogens with two attached hydrogens (primary N) is 1. The number of hydrogen-bond acceptors (Lipinski definition) is 4. The zero-order chi connectivity index (χ0) is 17.4. The molecule has 0 spiro atoms. The first kappa shape index (κ1) is 20.0. The van der Waals surface area contributed by atoms with Gasteiger partial charge in [0.2, 0.25) is 0 Å². The van der Waals surface area contributed by atoms with Crippen molar-refractivity contribution < 1.29 is 13.5 Å². The fourth-order valence-electron chi connectivity index (χ4n) is 2.83. The molecule has 1 aliphatic heterocycles. The van der Waals surface area contributed by atoms with Crippen molar-refractivity contribution in [3.63, 3.8) is 0 Å². The van der Waals surface area contributed by atoms with Crippen LogP contribution in [0.15, 0.2) is 10.5 Å². The van der Waals surface area contributed by atoms with Crippen LogP contribution in [0, 0.1) is 18.2 Å². The van der Waals surface area contributed by atoms with Gasteiger partial charge in [0.1, 0.15) is 12.6 Å². The molecule has 7 heteroatoms. The van der Waals surface area contributed by atoms with E-state index in [0.29, 0.717) is 11.6 Å². The Hall–Kier alpha value is -1.05. The molecule has 4 nitrogen and oxygen atoms in total. The van der Waals surface area contributed by atoms with E-state index in [4.69, 9.17) is 10.1 Å². The molecule has 1 aliphatic rings. The van der Waals surface area contributed by atoms with Crippen LogP contribution in [0.3, 0.4) is 0 Å². The van der Waals surface area contributed by atoms with E-state index in [1.807, 2.05) is 6.92 Å². The van der Waals surface area contributed by atoms with Crippen LogP contribution in [0.5, 0.6) is 0 Å². The third-order valence-corrected chi connectivity index (χ3v) is 4.71. The van der Waals surface area contributed by atoms with Crippen LogP contribution >= 0.6 is 15.9 Å². The number of alkyl halides is 1. The summed E-state index contributed by atoms with van der Waals surface area (Å²) in [5, 5.41) is 7.54. The first-order chi connectivity index (χ1) is 11.0. The van der Waals surface area contributed by atoms with Gasteiger partial charge in [0.15, 0.2) is 0 Å². The van der Waals surface area contributed by atoms with Crippen molar-refractivity contribution in [2.45, 2.75) is 32.7 Å². The zero-order valence-electron chi connectivity index (χ0n) is 13.5. The summed E-state index contributed by atoms with van der Waals surface area (Å²) in [6.45, 7) is 5.57. The summed E-state index contributed by atoms with van der Waals surface area (Å²) < 4.78 is 30.4. The molecule has 1 heterocycles. The van der Waals surface area contributed by atoms with Gasteiger partial charge in [-0.15, -0.1) is 0 Å². The molecular weight excluding hydrogens is 368 g/mol. The number of hydrogen-bond donors (Lipinski definition) is 2. The lowest BCUT2D eigenvalue weighted by molar-refractivity contribution is 0.0846. The topological polar surface area (TPSA) is 62.3 Å². The molecule has 1 fully saturated rings. The summed E-state index contributed by atoms with van der Waals surface area (Å²) >= 11 is 3.42. The lowest BCUT2D eigenvalue weighted by Gasteiger charge is -2.37. The molecule has 130 valence electrons. The summed E-state index contributed by atoms with van der Waals surface area (Å²) in [4.78, 5) is 2.21. The minimum absolute atomic E-state index is 0.347. The second-order valence-electron chi connectivity index (χ2n) is 5.16. The van der Waals surface area contributed by atoms with Crippen molar-refractivity contribution in [3.05, 3.63) is 27.5 Å². The highest BCUT2D eigenvalue weighted by Crippen LogP contribution is 2.35. The Morgan fingerprint density at radius 2 is 2.04 bits per heavy atom. The fourth-order valence-corrected chi connectivity index (χ4v) is 3.22. The van der Waals surface area contributed by atoms with Crippen LogP contribution in [0.1, 0.15) is 30.9 Å². The Bertz CT molecular complexity index is 523. The summed E-state index contributed by atoms with van der Waals surface area (Å²) in [5.41, 5.74) is 6.37. The highest BCUT2D eigenvalue weighted by molar-refractivity contribution is 9.10. The molecule has 1 aromatic carbocycles. The van der Waals surface area contributed by atoms with Gasteiger partial charge in [0, 0.05) is 36.5 Å². The Morgan fingerprint density at radius 3 is 2.52 bits per heavy atom. The van der Waals surface area contributed by atoms with Crippen molar-refractivity contribution >= 4 is 27.8 Å². The Balaban J connectivity index is 0.000000816. The molecule has 0 aromatic heterocycles. The number of anilines is 1. The molecule has 1 saturated heterocycles. The number of benzene rings is 1. The lowest BCUT2D eigenvalue weighted by Crippen LogP contribution is -2.40. The number of ether oxygens (including phenoxy) is 1. The molecule has 0 saturated carbocycles. The lowest BCUT2D eigenvalue weighted by atomic mass is 10.0. The molecule has 0 unspecified atom stereocenters. The van der Waals surface area contributed by atoms with Crippen molar-refractivity contribution in [2.75, 3.05) is 31.5 Å². The number of nitrogens with zero attached hydrogens (tertiary/aromatic N) is 1. The van der Waals surface area contributed by atoms with Gasteiger partial charge in [-0.05, 0) is 38.3 Å². The monoisotopic (exact) mass is 391 g/mol. The normalized spacial score (nSPS) is 14.9. The van der Waals surface area contributed by atoms with Gasteiger partial charge in [-0.2, -0.15) is 0 Å². The molecule has 3 N–H and O–H groups in total. The molecule has 0 radical (unpaired) electrons. The van der Waals surface area contributed by atoms with Gasteiger partial charge in [-0.1, -0.05) is 15.9 Å². The van der Waals surface area contributed by atoms with Crippen LogP contribution in [0.2, 0.25) is 0 Å². The van der Waals surface area contributed by atoms with E-state index in [0.717, 1.165) is 54.5 Å². The third-order valence-electron chi connectivity index (χ3n) is 3.88. The smallest absolute Gasteiger partial charge is 0.138 e. The third kappa shape index (κ3) is 4.96. The van der Waals surface area contributed by atoms with Gasteiger partial charge < -0.3 is 20.8 Å². The largest absolute Gasteiger partial charge is 0.381 e. The van der Waals surface area contributed by atoms with Crippen molar-refractivity contribution in [1.82, 2.24) is 0 Å². The minimum atomic E-state index is -0.750. The Kier molecular flexibility index (Phi) is 8.65. The molecule has 23 heavy (non-hydrogen) atoms. The molecule has 0 aliphatic carbocycles. The highest BCUT2D eigenvalue weighted by atomic mass is 79.9. The van der Waals surface area contributed by atoms with Gasteiger partial charge in [-0.3, -0.25) is 0 Å². The summed E-state index contributed by atoms with van der Waals surface area (Å²) in [5.74, 6) is -0.349. The maximum absolute atomic E-state index is 14.1. The maximum atomic E-state index is 14.1. The molecule has 0 bridgehead atoms. The first-order valence-corrected chi connectivity index (χ1v) is 8.40. The van der Waals surface area contributed by atoms with E-state index in [9.17, 15) is 8.78 Å². The van der Waals surface area contributed by atoms with Crippen LogP contribution in [-0.2, 0) is 4.74 Å². The summed E-state index contributed by atoms with van der Waals surface area (Å²) in [6.07, 6.45) is 3.00. The van der Waals surface area contributed by atoms with Gasteiger partial charge in [0.25, 0.3) is 0 Å². The highest BCUT2D eigenvalue weighted by Gasteiger charge is 2.25. The van der Waals surface area contributed by atoms with E-state index in [1.54, 1.807) is 0 Å². The SMILES string of the molecule is CCN(c1c(C)c(Br)cc(F)c1C=N)C1CCOCC1.NCF. The van der Waals surface area contributed by atoms with Crippen LogP contribution in [0.4, 0.5) is 14.5 Å². The van der Waals surface area contributed by atoms with Crippen LogP contribution in [-0.4, -0.2) is 38.8 Å². The van der Waals surface area contributed by atoms with E-state index in [2.05, 4.69) is 33.5 Å². The summed E-state index contributed by atoms with van der Waals surface area (Å²) in [6, 6.07) is 1.79. The Morgan fingerprint density at radius 1 is 1.48 bits per heavy atom. The van der Waals surface area contributed by atoms with Crippen molar-refractivity contribution in [2.24, 2.45) is 5.73 Å². The van der Waals surface area contributed by atoms with E-state index in [-0.39, 0.29) is 5.82 Å². The maximum Gasteiger partial charge on any atom is 0.138 e. The molecule has 0 amide bonds. The van der Waals surface area contributed by atoms with Crippen molar-refractivity contribution in [1.29, 1.82) is 5.41 Å². The standard InChI is InChI=1S/C15H20BrFN2O.CH4FN/c1-3-19(11-4-6-20-7-5-11)15-10(2)13(16)8-14(17)12(15)9-18;2-1-3/h8-9,11,18H,3-7H2,1-2H3;1,3H2. The first-order valence-electron chi connectivity index (χ1n) is 7.61. The summed E-state index contributed by atoms with van der Waals surface area (Å²) in [7, 11) is 0. The fraction of sp³-hybridized carbons (Fsp3) is 0.562. The molecular formula is C16H24BrF2N3O. The predicted octanol–water partition coefficient (Wildman–Crippen LogP) is 3.77. The van der Waals surface area contributed by atoms with E-state index < -0.39 is 6.80 Å². The predicted molar refractivity (Wildman–Crippen MR) is 93.7 cm³/mol. The molecule has 1 aromatic rings. The molecule has 2 rings (SSSR count). The zero-order valence-corrected chi connectivity index (χ0v) is 15.1. The van der Waals surface area contributed by atoms with Crippen molar-refractivity contribution in [3.8, 4) is 0 Å². The van der Waals surface area contributed by atoms with Gasteiger partial charge in [0.05, 0.1) is 11.3 Å². The second-order valence-corrected chi connectivity index (χ2v) is 6.01. The number of rotatable bonds is 4. The van der Waals surface area contributed by atoms with Gasteiger partial charge in [-0.25, -0.2) is 8.78 Å². The average Bonchev–Trinajstić information content (AvgIpc) is 2.54. The molecule has 0 atom stereocenters. The minimum Gasteiger partial charge on any atom is -0.381 e. The quantitative estimate of drug-likeness (QED) is 0.606. The van der Waals surface area contributed by atoms with E-state index in [1.165, 1.54) is 6.07 Å². The van der Waals surface area contributed by atoms with E-state index >= 15 is 0 Å². The second kappa shape index (κ2) is 9.95. The Labute approximate surface area is 144 Å².